The van der Waals surface area contributed by atoms with Crippen LogP contribution in [0.15, 0.2) is 123 Å². The Morgan fingerprint density at radius 1 is 0.651 bits per heavy atom. The predicted molar refractivity (Wildman–Crippen MR) is 175 cm³/mol. The molecule has 9 rings (SSSR count). The third-order valence-corrected chi connectivity index (χ3v) is 13.6. The van der Waals surface area contributed by atoms with E-state index in [9.17, 15) is 0 Å². The molecule has 3 heterocycles. The standard InChI is InChI=1S/C20H11Br2N2.C15H10Br.2ClH.Zr/c21-13-9-10-23-19(11-13)24-14-3-1-12(2-4-14)15-5-6-16-18(24)8-7-17(22)20(15)16;16-14-8-4-7-12-9-10-13(15(12)14)11-5-2-1-3-6-11;;;/h1-4,6-11,15H;1-9,13H;2*1H;/q;;;;+2/p-2. The number of hydrogen-bond acceptors (Lipinski definition) is 2. The first-order chi connectivity index (χ1) is 20.1. The first-order valence-electron chi connectivity index (χ1n) is 13.4. The number of rotatable bonds is 4. The van der Waals surface area contributed by atoms with Gasteiger partial charge in [-0.1, -0.05) is 0 Å². The molecule has 4 aromatic carbocycles. The van der Waals surface area contributed by atoms with Crippen molar-refractivity contribution in [3.8, 4) is 0 Å². The van der Waals surface area contributed by atoms with Gasteiger partial charge < -0.3 is 24.8 Å². The molecule has 0 amide bonds. The third-order valence-electron chi connectivity index (χ3n) is 8.19. The van der Waals surface area contributed by atoms with Crippen LogP contribution in [0.5, 0.6) is 0 Å². The Morgan fingerprint density at radius 3 is 2.12 bits per heavy atom. The van der Waals surface area contributed by atoms with Gasteiger partial charge in [0.15, 0.2) is 0 Å². The number of fused-ring (bicyclic) bond motifs is 3. The molecule has 0 saturated heterocycles. The zero-order valence-electron chi connectivity index (χ0n) is 22.4. The number of allylic oxidation sites excluding steroid dienone is 2. The maximum Gasteiger partial charge on any atom is -1.00 e. The van der Waals surface area contributed by atoms with Crippen LogP contribution in [0.4, 0.5) is 17.2 Å². The molecule has 0 saturated carbocycles. The van der Waals surface area contributed by atoms with Gasteiger partial charge in [0.1, 0.15) is 0 Å². The van der Waals surface area contributed by atoms with Gasteiger partial charge in [-0.25, -0.2) is 0 Å². The van der Waals surface area contributed by atoms with Crippen LogP contribution in [0.25, 0.3) is 12.2 Å². The Labute approximate surface area is 300 Å². The Morgan fingerprint density at radius 2 is 1.35 bits per heavy atom. The maximum atomic E-state index is 4.79. The number of benzene rings is 4. The van der Waals surface area contributed by atoms with Crippen LogP contribution in [-0.4, -0.2) is 4.98 Å². The normalized spacial score (nSPS) is 17.0. The minimum Gasteiger partial charge on any atom is -1.00 e. The van der Waals surface area contributed by atoms with E-state index in [2.05, 4.69) is 156 Å². The van der Waals surface area contributed by atoms with Crippen molar-refractivity contribution >= 4 is 77.1 Å². The van der Waals surface area contributed by atoms with E-state index in [1.807, 2.05) is 12.3 Å². The number of anilines is 3. The number of halogens is 5. The van der Waals surface area contributed by atoms with Crippen molar-refractivity contribution in [3.63, 3.8) is 0 Å². The van der Waals surface area contributed by atoms with E-state index < -0.39 is 23.2 Å². The zero-order valence-corrected chi connectivity index (χ0v) is 31.1. The van der Waals surface area contributed by atoms with Crippen LogP contribution >= 0.6 is 47.8 Å². The Kier molecular flexibility index (Phi) is 9.10. The number of aromatic nitrogens is 1. The number of pyridine rings is 1. The molecule has 0 N–H and O–H groups in total. The second-order valence-corrected chi connectivity index (χ2v) is 16.6. The van der Waals surface area contributed by atoms with E-state index in [0.717, 1.165) is 16.0 Å². The van der Waals surface area contributed by atoms with E-state index >= 15 is 0 Å². The first-order valence-corrected chi connectivity index (χ1v) is 18.3. The van der Waals surface area contributed by atoms with Crippen molar-refractivity contribution in [2.75, 3.05) is 4.90 Å². The van der Waals surface area contributed by atoms with Crippen LogP contribution in [0.2, 0.25) is 0 Å². The molecule has 8 heteroatoms. The molecule has 43 heavy (non-hydrogen) atoms. The van der Waals surface area contributed by atoms with Crippen molar-refractivity contribution in [2.45, 2.75) is 11.8 Å². The summed E-state index contributed by atoms with van der Waals surface area (Å²) < 4.78 is 6.57. The fraction of sp³-hybridized carbons (Fsp3) is 0.0571. The van der Waals surface area contributed by atoms with Crippen LogP contribution in [0, 0.1) is 0 Å². The van der Waals surface area contributed by atoms with Gasteiger partial charge in [-0.05, 0) is 0 Å². The van der Waals surface area contributed by atoms with E-state index in [-0.39, 0.29) is 30.7 Å². The molecule has 2 atom stereocenters. The van der Waals surface area contributed by atoms with Crippen molar-refractivity contribution < 1.29 is 48.0 Å². The summed E-state index contributed by atoms with van der Waals surface area (Å²) in [4.78, 5) is 7.08. The summed E-state index contributed by atoms with van der Waals surface area (Å²) in [6.45, 7) is 0. The summed E-state index contributed by atoms with van der Waals surface area (Å²) in [7, 11) is 0. The van der Waals surface area contributed by atoms with E-state index in [1.165, 1.54) is 48.0 Å². The molecule has 4 aliphatic rings. The fourth-order valence-corrected chi connectivity index (χ4v) is 12.1. The summed E-state index contributed by atoms with van der Waals surface area (Å²) in [5, 5.41) is 0. The van der Waals surface area contributed by atoms with Crippen LogP contribution in [0.1, 0.15) is 45.2 Å². The molecule has 2 aliphatic carbocycles. The fourth-order valence-electron chi connectivity index (χ4n) is 6.47. The van der Waals surface area contributed by atoms with Gasteiger partial charge in [0.2, 0.25) is 0 Å². The SMILES string of the molecule is Brc1ccnc(N2c3ccc(cc3)C3[C]([Zr+2][C]4=Cc5cccc(Br)c5C4c4ccccc4)=Cc4c2ccc(Br)c43)c1.[Cl-].[Cl-]. The van der Waals surface area contributed by atoms with Crippen LogP contribution in [-0.2, 0) is 23.2 Å². The molecular formula is C35H21Br3Cl2N2Zr. The zero-order chi connectivity index (χ0) is 27.7. The monoisotopic (exact) mass is 866 g/mol. The molecule has 1 aromatic heterocycles. The molecule has 0 fully saturated rings. The summed E-state index contributed by atoms with van der Waals surface area (Å²) in [6.07, 6.45) is 6.88. The van der Waals surface area contributed by atoms with Gasteiger partial charge in [0.05, 0.1) is 0 Å². The molecule has 2 aliphatic heterocycles. The second kappa shape index (κ2) is 12.5. The van der Waals surface area contributed by atoms with Crippen LogP contribution in [0.3, 0.4) is 0 Å². The van der Waals surface area contributed by atoms with Gasteiger partial charge in [0, 0.05) is 0 Å². The van der Waals surface area contributed by atoms with Gasteiger partial charge in [0.25, 0.3) is 0 Å². The average Bonchev–Trinajstić information content (AvgIpc) is 3.56. The Balaban J connectivity index is 0.00000165. The molecule has 2 unspecified atom stereocenters. The van der Waals surface area contributed by atoms with Gasteiger partial charge >= 0.3 is 279 Å². The smallest absolute Gasteiger partial charge is 1.00 e. The van der Waals surface area contributed by atoms with Crippen molar-refractivity contribution in [1.82, 2.24) is 4.98 Å². The van der Waals surface area contributed by atoms with Crippen molar-refractivity contribution in [1.29, 1.82) is 0 Å². The average molecular weight is 871 g/mol. The molecule has 2 nitrogen and oxygen atoms in total. The minimum atomic E-state index is -1.20. The number of nitrogens with zero attached hydrogens (tertiary/aromatic N) is 2. The van der Waals surface area contributed by atoms with Gasteiger partial charge in [-0.2, -0.15) is 0 Å². The largest absolute Gasteiger partial charge is 1.00 e. The van der Waals surface area contributed by atoms with E-state index in [4.69, 9.17) is 4.98 Å². The Bertz CT molecular complexity index is 1930. The molecule has 0 radical (unpaired) electrons. The van der Waals surface area contributed by atoms with E-state index in [0.29, 0.717) is 5.92 Å². The van der Waals surface area contributed by atoms with Gasteiger partial charge in [-0.3, -0.25) is 0 Å². The second-order valence-electron chi connectivity index (χ2n) is 10.5. The molecular weight excluding hydrogens is 850 g/mol. The van der Waals surface area contributed by atoms with Crippen LogP contribution < -0.4 is 29.7 Å². The third kappa shape index (κ3) is 5.30. The molecule has 210 valence electrons. The summed E-state index contributed by atoms with van der Waals surface area (Å²) >= 11 is 10.3. The molecule has 6 bridgehead atoms. The topological polar surface area (TPSA) is 16.1 Å². The summed E-state index contributed by atoms with van der Waals surface area (Å²) in [5.74, 6) is 1.44. The molecule has 0 spiro atoms. The predicted octanol–water partition coefficient (Wildman–Crippen LogP) is 4.92. The first kappa shape index (κ1) is 31.2. The van der Waals surface area contributed by atoms with Crippen molar-refractivity contribution in [2.24, 2.45) is 0 Å². The van der Waals surface area contributed by atoms with E-state index in [1.54, 1.807) is 6.56 Å². The summed E-state index contributed by atoms with van der Waals surface area (Å²) in [5.41, 5.74) is 10.4. The summed E-state index contributed by atoms with van der Waals surface area (Å²) in [6, 6.07) is 35.3. The molecule has 5 aromatic rings. The van der Waals surface area contributed by atoms with Crippen molar-refractivity contribution in [3.05, 3.63) is 157 Å². The minimum absolute atomic E-state index is 0. The Hall–Kier alpha value is -1.79. The number of hydrogen-bond donors (Lipinski definition) is 0. The van der Waals surface area contributed by atoms with Gasteiger partial charge in [-0.15, -0.1) is 0 Å². The maximum absolute atomic E-state index is 4.79. The quantitative estimate of drug-likeness (QED) is 0.256.